The lowest BCUT2D eigenvalue weighted by Crippen LogP contribution is -2.24. The quantitative estimate of drug-likeness (QED) is 0.429. The van der Waals surface area contributed by atoms with Gasteiger partial charge in [-0.3, -0.25) is 5.10 Å². The Balaban J connectivity index is 1.44. The minimum atomic E-state index is -3.48. The molecule has 5 rings (SSSR count). The number of nitrogens with one attached hydrogen (secondary N) is 2. The van der Waals surface area contributed by atoms with E-state index in [4.69, 9.17) is 4.98 Å². The first-order chi connectivity index (χ1) is 16.0. The molecule has 2 unspecified atom stereocenters. The van der Waals surface area contributed by atoms with Gasteiger partial charge in [0.2, 0.25) is 16.0 Å². The second kappa shape index (κ2) is 8.93. The number of aromatic amines is 1. The maximum Gasteiger partial charge on any atom is 0.235 e. The molecule has 2 aliphatic rings. The first-order valence-corrected chi connectivity index (χ1v) is 12.3. The zero-order chi connectivity index (χ0) is 22.8. The molecule has 0 spiro atoms. The minimum absolute atomic E-state index is 0.120. The van der Waals surface area contributed by atoms with Gasteiger partial charge in [-0.1, -0.05) is 12.1 Å². The summed E-state index contributed by atoms with van der Waals surface area (Å²) in [6, 6.07) is 7.75. The van der Waals surface area contributed by atoms with Crippen LogP contribution in [0.2, 0.25) is 0 Å². The molecule has 2 atom stereocenters. The molecule has 1 fully saturated rings. The third kappa shape index (κ3) is 4.34. The van der Waals surface area contributed by atoms with Crippen LogP contribution in [0.25, 0.3) is 10.9 Å². The molecule has 33 heavy (non-hydrogen) atoms. The number of aliphatic hydroxyl groups excluding tert-OH is 1. The van der Waals surface area contributed by atoms with E-state index in [0.717, 1.165) is 23.0 Å². The standard InChI is InChI=1S/C22H24N7O3S/c30-11-2-1-10-29(19-5-3-4-18-17(19)14-24-28-18)21-8-9-23-22(27-21)26-16-7-6-15-13-25-33(31,32)20(15)12-16/h3-9,12,14-15,20,30H,1-2,10-11,13H2,(H,24,28)(H,23,26,27). The van der Waals surface area contributed by atoms with E-state index in [0.29, 0.717) is 37.0 Å². The fraction of sp³-hybridized carbons (Fsp3) is 0.318. The monoisotopic (exact) mass is 466 g/mol. The average Bonchev–Trinajstić information content (AvgIpc) is 3.41. The van der Waals surface area contributed by atoms with Gasteiger partial charge in [0.05, 0.1) is 17.4 Å². The van der Waals surface area contributed by atoms with Crippen LogP contribution >= 0.6 is 0 Å². The van der Waals surface area contributed by atoms with Crippen molar-refractivity contribution in [2.24, 2.45) is 5.92 Å². The van der Waals surface area contributed by atoms with E-state index >= 15 is 0 Å². The smallest absolute Gasteiger partial charge is 0.235 e. The van der Waals surface area contributed by atoms with Crippen LogP contribution in [-0.4, -0.2) is 58.6 Å². The second-order valence-electron chi connectivity index (χ2n) is 7.99. The van der Waals surface area contributed by atoms with Crippen molar-refractivity contribution in [3.05, 3.63) is 60.6 Å². The van der Waals surface area contributed by atoms with Gasteiger partial charge in [-0.15, -0.1) is 4.72 Å². The van der Waals surface area contributed by atoms with Crippen LogP contribution in [0.15, 0.2) is 60.6 Å². The second-order valence-corrected chi connectivity index (χ2v) is 9.82. The molecular formula is C22H24N7O3S. The van der Waals surface area contributed by atoms with Crippen LogP contribution in [-0.2, 0) is 10.0 Å². The van der Waals surface area contributed by atoms with E-state index in [9.17, 15) is 13.5 Å². The van der Waals surface area contributed by atoms with Crippen molar-refractivity contribution in [1.29, 1.82) is 0 Å². The normalized spacial score (nSPS) is 21.1. The molecule has 0 amide bonds. The van der Waals surface area contributed by atoms with E-state index in [2.05, 4.69) is 30.1 Å². The lowest BCUT2D eigenvalue weighted by molar-refractivity contribution is 0.285. The van der Waals surface area contributed by atoms with Crippen molar-refractivity contribution < 1.29 is 13.5 Å². The summed E-state index contributed by atoms with van der Waals surface area (Å²) in [6.45, 7) is 1.06. The Kier molecular flexibility index (Phi) is 5.83. The van der Waals surface area contributed by atoms with Gasteiger partial charge in [-0.2, -0.15) is 10.1 Å². The number of hydrogen-bond acceptors (Lipinski definition) is 8. The Morgan fingerprint density at radius 1 is 1.24 bits per heavy atom. The van der Waals surface area contributed by atoms with Crippen LogP contribution in [0.3, 0.4) is 0 Å². The van der Waals surface area contributed by atoms with Crippen molar-refractivity contribution >= 4 is 38.4 Å². The Morgan fingerprint density at radius 2 is 2.15 bits per heavy atom. The Hall–Kier alpha value is -3.28. The van der Waals surface area contributed by atoms with Crippen molar-refractivity contribution in [2.45, 2.75) is 18.1 Å². The fourth-order valence-electron chi connectivity index (χ4n) is 4.14. The number of nitrogens with zero attached hydrogens (tertiary/aromatic N) is 5. The highest BCUT2D eigenvalue weighted by Gasteiger charge is 2.40. The molecule has 1 aliphatic carbocycles. The van der Waals surface area contributed by atoms with Gasteiger partial charge in [0, 0.05) is 42.9 Å². The van der Waals surface area contributed by atoms with Crippen LogP contribution in [0.4, 0.5) is 17.5 Å². The van der Waals surface area contributed by atoms with Crippen molar-refractivity contribution in [3.8, 4) is 0 Å². The molecule has 1 aliphatic heterocycles. The number of hydrogen-bond donors (Lipinski definition) is 3. The number of rotatable bonds is 8. The van der Waals surface area contributed by atoms with Gasteiger partial charge in [-0.25, -0.2) is 13.4 Å². The summed E-state index contributed by atoms with van der Waals surface area (Å²) in [5.74, 6) is 0.923. The first kappa shape index (κ1) is 21.6. The lowest BCUT2D eigenvalue weighted by atomic mass is 9.99. The topological polar surface area (TPSA) is 138 Å². The number of unbranched alkanes of at least 4 members (excludes halogenated alkanes) is 1. The van der Waals surface area contributed by atoms with Gasteiger partial charge in [0.25, 0.3) is 0 Å². The Morgan fingerprint density at radius 3 is 3.03 bits per heavy atom. The molecule has 1 saturated heterocycles. The predicted octanol–water partition coefficient (Wildman–Crippen LogP) is 2.06. The Labute approximate surface area is 191 Å². The first-order valence-electron chi connectivity index (χ1n) is 10.8. The summed E-state index contributed by atoms with van der Waals surface area (Å²) in [6.07, 6.45) is 10.3. The van der Waals surface area contributed by atoms with Gasteiger partial charge in [0.15, 0.2) is 0 Å². The largest absolute Gasteiger partial charge is 0.396 e. The highest BCUT2D eigenvalue weighted by molar-refractivity contribution is 7.90. The number of H-pyrrole nitrogens is 1. The molecule has 3 aromatic rings. The highest BCUT2D eigenvalue weighted by atomic mass is 32.2. The van der Waals surface area contributed by atoms with E-state index in [-0.39, 0.29) is 12.5 Å². The Bertz CT molecular complexity index is 1320. The van der Waals surface area contributed by atoms with E-state index in [1.165, 1.54) is 0 Å². The zero-order valence-electron chi connectivity index (χ0n) is 17.8. The zero-order valence-corrected chi connectivity index (χ0v) is 18.6. The summed E-state index contributed by atoms with van der Waals surface area (Å²) in [7, 11) is -3.48. The van der Waals surface area contributed by atoms with E-state index in [1.54, 1.807) is 18.5 Å². The minimum Gasteiger partial charge on any atom is -0.396 e. The summed E-state index contributed by atoms with van der Waals surface area (Å²) < 4.78 is 28.1. The molecule has 2 aromatic heterocycles. The van der Waals surface area contributed by atoms with Gasteiger partial charge < -0.3 is 15.3 Å². The molecule has 11 heteroatoms. The number of fused-ring (bicyclic) bond motifs is 2. The van der Waals surface area contributed by atoms with Gasteiger partial charge in [0.1, 0.15) is 11.1 Å². The van der Waals surface area contributed by atoms with Gasteiger partial charge in [-0.05, 0) is 43.2 Å². The van der Waals surface area contributed by atoms with Crippen LogP contribution in [0.1, 0.15) is 12.8 Å². The average molecular weight is 467 g/mol. The number of allylic oxidation sites excluding steroid dienone is 1. The maximum atomic E-state index is 12.2. The number of aliphatic hydroxyl groups is 1. The van der Waals surface area contributed by atoms with E-state index in [1.807, 2.05) is 36.4 Å². The van der Waals surface area contributed by atoms with Crippen molar-refractivity contribution in [2.75, 3.05) is 29.9 Å². The molecule has 1 radical (unpaired) electrons. The van der Waals surface area contributed by atoms with Crippen LogP contribution in [0, 0.1) is 5.92 Å². The number of aromatic nitrogens is 4. The summed E-state index contributed by atoms with van der Waals surface area (Å²) in [5.41, 5.74) is 2.49. The highest BCUT2D eigenvalue weighted by Crippen LogP contribution is 2.32. The third-order valence-electron chi connectivity index (χ3n) is 5.81. The predicted molar refractivity (Wildman–Crippen MR) is 125 cm³/mol. The molecule has 0 bridgehead atoms. The molecule has 0 saturated carbocycles. The molecule has 3 N–H and O–H groups in total. The summed E-state index contributed by atoms with van der Waals surface area (Å²) in [4.78, 5) is 11.1. The van der Waals surface area contributed by atoms with Crippen molar-refractivity contribution in [3.63, 3.8) is 0 Å². The lowest BCUT2D eigenvalue weighted by Gasteiger charge is -2.25. The van der Waals surface area contributed by atoms with Gasteiger partial charge >= 0.3 is 0 Å². The summed E-state index contributed by atoms with van der Waals surface area (Å²) >= 11 is 0. The maximum absolute atomic E-state index is 12.2. The molecule has 10 nitrogen and oxygen atoms in total. The fourth-order valence-corrected chi connectivity index (χ4v) is 5.63. The van der Waals surface area contributed by atoms with Crippen LogP contribution in [0.5, 0.6) is 0 Å². The number of anilines is 3. The summed E-state index contributed by atoms with van der Waals surface area (Å²) in [5, 5.41) is 19.9. The molecule has 171 valence electrons. The third-order valence-corrected chi connectivity index (χ3v) is 7.50. The molecular weight excluding hydrogens is 442 g/mol. The number of sulfonamides is 1. The number of benzene rings is 1. The van der Waals surface area contributed by atoms with Crippen LogP contribution < -0.4 is 14.9 Å². The SMILES string of the molecule is O=S1(=O)[N]CC2C=CC(Nc3nccc(N(CCCCO)c4cccc5[nH]ncc45)n3)=CC21. The molecule has 3 heterocycles. The van der Waals surface area contributed by atoms with E-state index < -0.39 is 15.3 Å². The molecule has 1 aromatic carbocycles. The van der Waals surface area contributed by atoms with Crippen molar-refractivity contribution in [1.82, 2.24) is 24.9 Å².